The van der Waals surface area contributed by atoms with Gasteiger partial charge in [-0.1, -0.05) is 6.07 Å². The van der Waals surface area contributed by atoms with Crippen molar-refractivity contribution >= 4 is 11.6 Å². The number of Topliss-reactive ketones (excluding diaryl/α,β-unsaturated/α-hetero) is 1. The van der Waals surface area contributed by atoms with Crippen molar-refractivity contribution in [3.8, 4) is 11.5 Å². The van der Waals surface area contributed by atoms with Crippen LogP contribution in [0.3, 0.4) is 0 Å². The molecule has 0 saturated carbocycles. The molecule has 4 rings (SSSR count). The van der Waals surface area contributed by atoms with Gasteiger partial charge in [0.2, 0.25) is 0 Å². The van der Waals surface area contributed by atoms with Gasteiger partial charge in [0.25, 0.3) is 0 Å². The Kier molecular flexibility index (Phi) is 3.75. The monoisotopic (exact) mass is 339 g/mol. The number of allylic oxidation sites excluding steroid dienone is 2. The summed E-state index contributed by atoms with van der Waals surface area (Å²) in [6.07, 6.45) is 2.34. The van der Waals surface area contributed by atoms with Gasteiger partial charge in [0.1, 0.15) is 0 Å². The maximum atomic E-state index is 12.7. The van der Waals surface area contributed by atoms with Crippen LogP contribution in [0.15, 0.2) is 29.5 Å². The molecule has 0 saturated heterocycles. The van der Waals surface area contributed by atoms with Crippen LogP contribution in [0, 0.1) is 6.92 Å². The molecule has 1 aromatic carbocycles. The summed E-state index contributed by atoms with van der Waals surface area (Å²) in [5, 5.41) is 10.8. The van der Waals surface area contributed by atoms with E-state index in [4.69, 9.17) is 9.47 Å². The van der Waals surface area contributed by atoms with Crippen molar-refractivity contribution in [2.45, 2.75) is 32.1 Å². The third-order valence-corrected chi connectivity index (χ3v) is 5.04. The first-order valence-corrected chi connectivity index (χ1v) is 8.44. The molecule has 0 amide bonds. The zero-order chi connectivity index (χ0) is 17.6. The van der Waals surface area contributed by atoms with Crippen molar-refractivity contribution in [2.24, 2.45) is 0 Å². The van der Waals surface area contributed by atoms with Crippen LogP contribution in [-0.2, 0) is 4.79 Å². The number of hydrogen-bond acceptors (Lipinski definition) is 5. The molecule has 6 nitrogen and oxygen atoms in total. The number of hydrogen-bond donors (Lipinski definition) is 2. The number of aryl methyl sites for hydroxylation is 1. The van der Waals surface area contributed by atoms with Crippen molar-refractivity contribution in [1.29, 1.82) is 0 Å². The number of aromatic amines is 1. The van der Waals surface area contributed by atoms with Gasteiger partial charge in [-0.3, -0.25) is 9.89 Å². The Balaban J connectivity index is 1.92. The summed E-state index contributed by atoms with van der Waals surface area (Å²) in [6.45, 7) is 1.99. The smallest absolute Gasteiger partial charge is 0.161 e. The molecule has 130 valence electrons. The third-order valence-electron chi connectivity index (χ3n) is 5.04. The fourth-order valence-electron chi connectivity index (χ4n) is 3.87. The molecule has 1 atom stereocenters. The number of nitrogens with zero attached hydrogens (tertiary/aromatic N) is 1. The van der Waals surface area contributed by atoms with Gasteiger partial charge in [-0.2, -0.15) is 5.10 Å². The van der Waals surface area contributed by atoms with E-state index in [0.29, 0.717) is 17.9 Å². The number of methoxy groups -OCH3 is 2. The lowest BCUT2D eigenvalue weighted by Crippen LogP contribution is -2.26. The first-order valence-electron chi connectivity index (χ1n) is 8.44. The minimum atomic E-state index is -0.141. The van der Waals surface area contributed by atoms with Crippen molar-refractivity contribution in [3.63, 3.8) is 0 Å². The van der Waals surface area contributed by atoms with Gasteiger partial charge < -0.3 is 14.8 Å². The largest absolute Gasteiger partial charge is 0.493 e. The summed E-state index contributed by atoms with van der Waals surface area (Å²) in [4.78, 5) is 12.7. The molecule has 2 aromatic rings. The molecular weight excluding hydrogens is 318 g/mol. The van der Waals surface area contributed by atoms with Gasteiger partial charge in [-0.25, -0.2) is 0 Å². The van der Waals surface area contributed by atoms with E-state index in [0.717, 1.165) is 46.8 Å². The third kappa shape index (κ3) is 2.40. The highest BCUT2D eigenvalue weighted by Gasteiger charge is 2.37. The summed E-state index contributed by atoms with van der Waals surface area (Å²) >= 11 is 0. The molecule has 2 aliphatic rings. The topological polar surface area (TPSA) is 76.2 Å². The number of anilines is 1. The van der Waals surface area contributed by atoms with Crippen molar-refractivity contribution in [1.82, 2.24) is 10.2 Å². The summed E-state index contributed by atoms with van der Waals surface area (Å²) in [7, 11) is 3.24. The minimum Gasteiger partial charge on any atom is -0.493 e. The van der Waals surface area contributed by atoms with E-state index in [2.05, 4.69) is 15.5 Å². The molecule has 0 fully saturated rings. The van der Waals surface area contributed by atoms with Crippen LogP contribution in [0.1, 0.15) is 42.0 Å². The normalized spacial score (nSPS) is 19.2. The number of ether oxygens (including phenoxy) is 2. The molecule has 1 aliphatic heterocycles. The average molecular weight is 339 g/mol. The van der Waals surface area contributed by atoms with Crippen LogP contribution in [0.2, 0.25) is 0 Å². The highest BCUT2D eigenvalue weighted by Crippen LogP contribution is 2.47. The molecule has 1 aromatic heterocycles. The number of H-pyrrole nitrogens is 1. The number of rotatable bonds is 3. The summed E-state index contributed by atoms with van der Waals surface area (Å²) in [5.74, 6) is 2.21. The fraction of sp³-hybridized carbons (Fsp3) is 0.368. The van der Waals surface area contributed by atoms with Gasteiger partial charge in [0.15, 0.2) is 23.1 Å². The van der Waals surface area contributed by atoms with Crippen LogP contribution in [0.5, 0.6) is 11.5 Å². The zero-order valence-corrected chi connectivity index (χ0v) is 14.6. The average Bonchev–Trinajstić information content (AvgIpc) is 3.00. The number of fused-ring (bicyclic) bond motifs is 1. The molecule has 2 heterocycles. The molecule has 25 heavy (non-hydrogen) atoms. The maximum Gasteiger partial charge on any atom is 0.161 e. The second kappa shape index (κ2) is 5.95. The summed E-state index contributed by atoms with van der Waals surface area (Å²) < 4.78 is 10.8. The molecule has 0 unspecified atom stereocenters. The highest BCUT2D eigenvalue weighted by atomic mass is 16.5. The molecule has 2 N–H and O–H groups in total. The lowest BCUT2D eigenvalue weighted by molar-refractivity contribution is -0.116. The number of benzene rings is 1. The Hall–Kier alpha value is -2.76. The van der Waals surface area contributed by atoms with Crippen LogP contribution in [0.25, 0.3) is 0 Å². The lowest BCUT2D eigenvalue weighted by atomic mass is 9.76. The predicted molar refractivity (Wildman–Crippen MR) is 94.2 cm³/mol. The van der Waals surface area contributed by atoms with Crippen LogP contribution in [-0.4, -0.2) is 30.2 Å². The maximum absolute atomic E-state index is 12.7. The Morgan fingerprint density at radius 2 is 1.96 bits per heavy atom. The molecule has 0 bridgehead atoms. The second-order valence-electron chi connectivity index (χ2n) is 6.45. The molecule has 0 spiro atoms. The fourth-order valence-corrected chi connectivity index (χ4v) is 3.87. The van der Waals surface area contributed by atoms with Crippen molar-refractivity contribution in [2.75, 3.05) is 19.5 Å². The zero-order valence-electron chi connectivity index (χ0n) is 14.6. The quantitative estimate of drug-likeness (QED) is 0.897. The predicted octanol–water partition coefficient (Wildman–Crippen LogP) is 3.30. The van der Waals surface area contributed by atoms with Crippen molar-refractivity contribution < 1.29 is 14.3 Å². The van der Waals surface area contributed by atoms with Crippen LogP contribution >= 0.6 is 0 Å². The Morgan fingerprint density at radius 3 is 2.72 bits per heavy atom. The van der Waals surface area contributed by atoms with Gasteiger partial charge in [0, 0.05) is 34.9 Å². The summed E-state index contributed by atoms with van der Waals surface area (Å²) in [5.41, 5.74) is 4.85. The van der Waals surface area contributed by atoms with E-state index in [1.54, 1.807) is 14.2 Å². The molecular formula is C19H21N3O3. The number of ketones is 1. The van der Waals surface area contributed by atoms with Gasteiger partial charge >= 0.3 is 0 Å². The lowest BCUT2D eigenvalue weighted by Gasteiger charge is -2.32. The molecule has 6 heteroatoms. The van der Waals surface area contributed by atoms with E-state index in [9.17, 15) is 4.79 Å². The van der Waals surface area contributed by atoms with E-state index in [-0.39, 0.29) is 11.7 Å². The van der Waals surface area contributed by atoms with Crippen LogP contribution in [0.4, 0.5) is 5.82 Å². The standard InChI is InChI=1S/C19H21N3O3/c1-10-16-17(11-7-8-14(24-2)15(9-11)25-3)18-12(5-4-6-13(18)23)20-19(16)22-21-10/h7-9,17H,4-6H2,1-3H3,(H2,20,21,22)/t17-/m0/s1. The Labute approximate surface area is 146 Å². The second-order valence-corrected chi connectivity index (χ2v) is 6.45. The van der Waals surface area contributed by atoms with E-state index in [1.807, 2.05) is 25.1 Å². The van der Waals surface area contributed by atoms with E-state index >= 15 is 0 Å². The van der Waals surface area contributed by atoms with Crippen molar-refractivity contribution in [3.05, 3.63) is 46.3 Å². The number of nitrogens with one attached hydrogen (secondary N) is 2. The molecule has 0 radical (unpaired) electrons. The van der Waals surface area contributed by atoms with E-state index < -0.39 is 0 Å². The SMILES string of the molecule is COc1ccc([C@@H]2C3=C(CCCC3=O)Nc3n[nH]c(C)c32)cc1OC. The number of carbonyl (C=O) groups excluding carboxylic acids is 1. The number of carbonyl (C=O) groups is 1. The van der Waals surface area contributed by atoms with Crippen LogP contribution < -0.4 is 14.8 Å². The highest BCUT2D eigenvalue weighted by molar-refractivity contribution is 6.01. The minimum absolute atomic E-state index is 0.141. The number of aromatic nitrogens is 2. The molecule has 1 aliphatic carbocycles. The Morgan fingerprint density at radius 1 is 1.16 bits per heavy atom. The first kappa shape index (κ1) is 15.7. The Bertz CT molecular complexity index is 882. The van der Waals surface area contributed by atoms with Gasteiger partial charge in [0.05, 0.1) is 14.2 Å². The first-order chi connectivity index (χ1) is 12.1. The summed E-state index contributed by atoms with van der Waals surface area (Å²) in [6, 6.07) is 5.84. The van der Waals surface area contributed by atoms with Gasteiger partial charge in [-0.05, 0) is 37.5 Å². The van der Waals surface area contributed by atoms with Gasteiger partial charge in [-0.15, -0.1) is 0 Å². The van der Waals surface area contributed by atoms with E-state index in [1.165, 1.54) is 0 Å².